The molecule has 0 heterocycles. The van der Waals surface area contributed by atoms with Gasteiger partial charge in [-0.25, -0.2) is 4.79 Å². The summed E-state index contributed by atoms with van der Waals surface area (Å²) in [5, 5.41) is 0. The van der Waals surface area contributed by atoms with E-state index in [1.165, 1.54) is 12.8 Å². The minimum absolute atomic E-state index is 0.207. The molecule has 1 fully saturated rings. The fourth-order valence-corrected chi connectivity index (χ4v) is 1.64. The van der Waals surface area contributed by atoms with E-state index in [0.717, 1.165) is 13.0 Å². The largest absolute Gasteiger partial charge is 0.325 e. The van der Waals surface area contributed by atoms with Gasteiger partial charge in [0.05, 0.1) is 0 Å². The van der Waals surface area contributed by atoms with Crippen molar-refractivity contribution in [2.45, 2.75) is 59.0 Å². The van der Waals surface area contributed by atoms with Crippen LogP contribution in [0.1, 0.15) is 47.0 Å². The molecule has 0 radical (unpaired) electrons. The lowest BCUT2D eigenvalue weighted by atomic mass is 10.1. The van der Waals surface area contributed by atoms with Gasteiger partial charge in [-0.1, -0.05) is 13.8 Å². The Bertz CT molecular complexity index is 234. The van der Waals surface area contributed by atoms with Crippen LogP contribution in [0.15, 0.2) is 0 Å². The van der Waals surface area contributed by atoms with Crippen LogP contribution < -0.4 is 0 Å². The predicted octanol–water partition coefficient (Wildman–Crippen LogP) is 2.96. The molecule has 2 amide bonds. The highest BCUT2D eigenvalue weighted by Gasteiger charge is 2.34. The molecule has 0 unspecified atom stereocenters. The first-order valence-electron chi connectivity index (χ1n) is 6.47. The molecule has 1 saturated carbocycles. The van der Waals surface area contributed by atoms with Crippen LogP contribution in [0.4, 0.5) is 4.79 Å². The fraction of sp³-hybridized carbons (Fsp3) is 0.923. The van der Waals surface area contributed by atoms with Gasteiger partial charge in [-0.15, -0.1) is 0 Å². The summed E-state index contributed by atoms with van der Waals surface area (Å²) in [6.45, 7) is 9.46. The summed E-state index contributed by atoms with van der Waals surface area (Å²) in [4.78, 5) is 16.1. The molecule has 0 N–H and O–H groups in total. The summed E-state index contributed by atoms with van der Waals surface area (Å²) in [6, 6.07) is 1.01. The van der Waals surface area contributed by atoms with E-state index in [2.05, 4.69) is 32.6 Å². The minimum Gasteiger partial charge on any atom is -0.325 e. The van der Waals surface area contributed by atoms with Crippen molar-refractivity contribution >= 4 is 6.03 Å². The Kier molecular flexibility index (Phi) is 4.63. The monoisotopic (exact) mass is 226 g/mol. The first kappa shape index (κ1) is 13.3. The summed E-state index contributed by atoms with van der Waals surface area (Å²) in [7, 11) is 1.90. The maximum absolute atomic E-state index is 12.2. The third-order valence-electron chi connectivity index (χ3n) is 3.26. The molecule has 0 atom stereocenters. The number of carbonyl (C=O) groups is 1. The second kappa shape index (κ2) is 5.55. The molecule has 0 saturated heterocycles. The number of carbonyl (C=O) groups excluding carboxylic acids is 1. The summed E-state index contributed by atoms with van der Waals surface area (Å²) < 4.78 is 0. The van der Waals surface area contributed by atoms with E-state index < -0.39 is 0 Å². The van der Waals surface area contributed by atoms with Crippen molar-refractivity contribution in [2.75, 3.05) is 13.6 Å². The first-order chi connectivity index (χ1) is 7.43. The van der Waals surface area contributed by atoms with Gasteiger partial charge in [-0.2, -0.15) is 0 Å². The average Bonchev–Trinajstić information content (AvgIpc) is 3.00. The Labute approximate surface area is 99.8 Å². The van der Waals surface area contributed by atoms with Gasteiger partial charge in [0.2, 0.25) is 0 Å². The van der Waals surface area contributed by atoms with Crippen LogP contribution in [0.3, 0.4) is 0 Å². The van der Waals surface area contributed by atoms with Crippen molar-refractivity contribution in [3.8, 4) is 0 Å². The topological polar surface area (TPSA) is 23.6 Å². The summed E-state index contributed by atoms with van der Waals surface area (Å²) in [5.41, 5.74) is 0. The zero-order valence-corrected chi connectivity index (χ0v) is 11.4. The van der Waals surface area contributed by atoms with Crippen LogP contribution in [0.25, 0.3) is 0 Å². The van der Waals surface area contributed by atoms with Crippen molar-refractivity contribution in [3.63, 3.8) is 0 Å². The van der Waals surface area contributed by atoms with Gasteiger partial charge in [0, 0.05) is 25.7 Å². The van der Waals surface area contributed by atoms with E-state index in [0.29, 0.717) is 12.0 Å². The highest BCUT2D eigenvalue weighted by molar-refractivity contribution is 5.75. The maximum atomic E-state index is 12.2. The highest BCUT2D eigenvalue weighted by atomic mass is 16.2. The van der Waals surface area contributed by atoms with E-state index in [-0.39, 0.29) is 12.1 Å². The number of hydrogen-bond acceptors (Lipinski definition) is 1. The van der Waals surface area contributed by atoms with Gasteiger partial charge in [0.15, 0.2) is 0 Å². The smallest absolute Gasteiger partial charge is 0.320 e. The lowest BCUT2D eigenvalue weighted by molar-refractivity contribution is 0.147. The Hall–Kier alpha value is -0.730. The van der Waals surface area contributed by atoms with Gasteiger partial charge in [-0.05, 0) is 39.0 Å². The van der Waals surface area contributed by atoms with E-state index in [9.17, 15) is 4.79 Å². The van der Waals surface area contributed by atoms with Gasteiger partial charge < -0.3 is 9.80 Å². The average molecular weight is 226 g/mol. The Morgan fingerprint density at radius 3 is 2.19 bits per heavy atom. The predicted molar refractivity (Wildman–Crippen MR) is 67.5 cm³/mol. The molecule has 0 spiro atoms. The first-order valence-corrected chi connectivity index (χ1v) is 6.47. The van der Waals surface area contributed by atoms with Crippen LogP contribution in [0.2, 0.25) is 0 Å². The summed E-state index contributed by atoms with van der Waals surface area (Å²) >= 11 is 0. The molecule has 3 nitrogen and oxygen atoms in total. The van der Waals surface area contributed by atoms with E-state index >= 15 is 0 Å². The summed E-state index contributed by atoms with van der Waals surface area (Å²) in [6.07, 6.45) is 3.49. The lowest BCUT2D eigenvalue weighted by Gasteiger charge is -2.31. The molecular weight excluding hydrogens is 200 g/mol. The fourth-order valence-electron chi connectivity index (χ4n) is 1.64. The number of rotatable bonds is 5. The molecular formula is C13H26N2O. The van der Waals surface area contributed by atoms with E-state index in [4.69, 9.17) is 0 Å². The van der Waals surface area contributed by atoms with Crippen LogP contribution in [-0.2, 0) is 0 Å². The third kappa shape index (κ3) is 3.69. The van der Waals surface area contributed by atoms with Crippen LogP contribution in [-0.4, -0.2) is 41.5 Å². The second-order valence-electron chi connectivity index (χ2n) is 5.59. The number of hydrogen-bond donors (Lipinski definition) is 0. The van der Waals surface area contributed by atoms with Gasteiger partial charge in [-0.3, -0.25) is 0 Å². The molecule has 1 aliphatic rings. The highest BCUT2D eigenvalue weighted by Crippen LogP contribution is 2.28. The minimum atomic E-state index is 0.207. The number of urea groups is 1. The summed E-state index contributed by atoms with van der Waals surface area (Å²) in [5.74, 6) is 0.665. The van der Waals surface area contributed by atoms with Crippen molar-refractivity contribution in [1.29, 1.82) is 0 Å². The third-order valence-corrected chi connectivity index (χ3v) is 3.26. The Balaban J connectivity index is 2.52. The number of amides is 2. The van der Waals surface area contributed by atoms with Crippen molar-refractivity contribution < 1.29 is 4.79 Å². The van der Waals surface area contributed by atoms with E-state index in [1.54, 1.807) is 0 Å². The quantitative estimate of drug-likeness (QED) is 0.707. The lowest BCUT2D eigenvalue weighted by Crippen LogP contribution is -2.45. The Morgan fingerprint density at radius 1 is 1.25 bits per heavy atom. The second-order valence-corrected chi connectivity index (χ2v) is 5.59. The van der Waals surface area contributed by atoms with Crippen LogP contribution in [0, 0.1) is 5.92 Å². The van der Waals surface area contributed by atoms with Crippen molar-refractivity contribution in [1.82, 2.24) is 9.80 Å². The molecule has 0 aliphatic heterocycles. The van der Waals surface area contributed by atoms with Gasteiger partial charge >= 0.3 is 6.03 Å². The normalized spacial score (nSPS) is 15.7. The molecule has 0 bridgehead atoms. The van der Waals surface area contributed by atoms with Crippen molar-refractivity contribution in [2.24, 2.45) is 5.92 Å². The van der Waals surface area contributed by atoms with E-state index in [1.807, 2.05) is 11.9 Å². The van der Waals surface area contributed by atoms with Crippen molar-refractivity contribution in [3.05, 3.63) is 0 Å². The molecule has 0 aromatic carbocycles. The molecule has 94 valence electrons. The molecule has 3 heteroatoms. The molecule has 1 aliphatic carbocycles. The van der Waals surface area contributed by atoms with Gasteiger partial charge in [0.25, 0.3) is 0 Å². The molecule has 0 aromatic heterocycles. The standard InChI is InChI=1S/C13H26N2O/c1-10(2)8-9-15(12-6-7-12)13(16)14(5)11(3)4/h10-12H,6-9H2,1-5H3. The molecule has 16 heavy (non-hydrogen) atoms. The maximum Gasteiger partial charge on any atom is 0.320 e. The van der Waals surface area contributed by atoms with Gasteiger partial charge in [0.1, 0.15) is 0 Å². The molecule has 1 rings (SSSR count). The zero-order valence-electron chi connectivity index (χ0n) is 11.4. The SMILES string of the molecule is CC(C)CCN(C(=O)N(C)C(C)C)C1CC1. The van der Waals surface area contributed by atoms with Crippen LogP contribution >= 0.6 is 0 Å². The molecule has 0 aromatic rings. The van der Waals surface area contributed by atoms with Crippen LogP contribution in [0.5, 0.6) is 0 Å². The Morgan fingerprint density at radius 2 is 1.81 bits per heavy atom. The zero-order chi connectivity index (χ0) is 12.3. The number of nitrogens with zero attached hydrogens (tertiary/aromatic N) is 2.